The summed E-state index contributed by atoms with van der Waals surface area (Å²) < 4.78 is 24.2. The van der Waals surface area contributed by atoms with E-state index in [1.165, 1.54) is 12.1 Å². The second-order valence-electron chi connectivity index (χ2n) is 11.9. The summed E-state index contributed by atoms with van der Waals surface area (Å²) in [5, 5.41) is 3.33. The molecule has 0 amide bonds. The smallest absolute Gasteiger partial charge is 0.338 e. The lowest BCUT2D eigenvalue weighted by Gasteiger charge is -2.32. The molecule has 4 aliphatic rings. The molecule has 10 nitrogen and oxygen atoms in total. The number of benzene rings is 2. The zero-order chi connectivity index (χ0) is 30.5. The quantitative estimate of drug-likeness (QED) is 0.164. The number of ether oxygens (including phenoxy) is 4. The van der Waals surface area contributed by atoms with E-state index in [-0.39, 0.29) is 18.8 Å². The molecule has 234 valence electrons. The Balaban J connectivity index is 1.07. The summed E-state index contributed by atoms with van der Waals surface area (Å²) in [6, 6.07) is 9.16. The monoisotopic (exact) mass is 659 g/mol. The first kappa shape index (κ1) is 29.9. The first-order chi connectivity index (χ1) is 21.3. The average Bonchev–Trinajstić information content (AvgIpc) is 3.35. The fourth-order valence-corrected chi connectivity index (χ4v) is 8.21. The first-order valence-corrected chi connectivity index (χ1v) is 16.5. The Hall–Kier alpha value is -2.80. The molecule has 4 unspecified atom stereocenters. The van der Waals surface area contributed by atoms with Crippen LogP contribution in [-0.4, -0.2) is 62.7 Å². The van der Waals surface area contributed by atoms with Crippen LogP contribution in [0.4, 0.5) is 10.8 Å². The van der Waals surface area contributed by atoms with E-state index >= 15 is 0 Å². The van der Waals surface area contributed by atoms with E-state index in [9.17, 15) is 4.79 Å². The van der Waals surface area contributed by atoms with Gasteiger partial charge in [0.1, 0.15) is 17.4 Å². The number of aromatic nitrogens is 1. The summed E-state index contributed by atoms with van der Waals surface area (Å²) in [5.74, 6) is 7.40. The number of methoxy groups -OCH3 is 1. The van der Waals surface area contributed by atoms with Crippen LogP contribution in [0.2, 0.25) is 10.0 Å². The van der Waals surface area contributed by atoms with E-state index in [0.717, 1.165) is 59.7 Å². The van der Waals surface area contributed by atoms with Crippen LogP contribution in [0.1, 0.15) is 42.5 Å². The Kier molecular flexibility index (Phi) is 8.28. The highest BCUT2D eigenvalue weighted by Gasteiger charge is 2.46. The van der Waals surface area contributed by atoms with Gasteiger partial charge in [-0.25, -0.2) is 15.6 Å². The number of fused-ring (bicyclic) bond motifs is 3. The van der Waals surface area contributed by atoms with Gasteiger partial charge in [0.15, 0.2) is 5.13 Å². The van der Waals surface area contributed by atoms with Crippen molar-refractivity contribution in [2.75, 3.05) is 43.4 Å². The van der Waals surface area contributed by atoms with Crippen LogP contribution in [0.25, 0.3) is 10.2 Å². The molecule has 2 aliphatic carbocycles. The van der Waals surface area contributed by atoms with Crippen LogP contribution in [0, 0.1) is 11.8 Å². The number of carbonyl (C=O) groups is 1. The van der Waals surface area contributed by atoms with Crippen LogP contribution in [-0.2, 0) is 14.2 Å². The molecule has 7 rings (SSSR count). The average molecular weight is 661 g/mol. The van der Waals surface area contributed by atoms with Crippen molar-refractivity contribution in [3.8, 4) is 5.75 Å². The minimum atomic E-state index is -0.404. The van der Waals surface area contributed by atoms with E-state index < -0.39 is 5.97 Å². The van der Waals surface area contributed by atoms with Crippen molar-refractivity contribution in [2.24, 2.45) is 23.4 Å². The number of hydrogen-bond acceptors (Lipinski definition) is 11. The Morgan fingerprint density at radius 2 is 2.00 bits per heavy atom. The maximum Gasteiger partial charge on any atom is 0.338 e. The lowest BCUT2D eigenvalue weighted by Crippen LogP contribution is -2.40. The number of rotatable bonds is 10. The normalized spacial score (nSPS) is 25.0. The molecule has 13 heteroatoms. The molecule has 44 heavy (non-hydrogen) atoms. The summed E-state index contributed by atoms with van der Waals surface area (Å²) in [6.45, 7) is 2.28. The van der Waals surface area contributed by atoms with E-state index in [4.69, 9.17) is 58.7 Å². The van der Waals surface area contributed by atoms with Gasteiger partial charge in [0, 0.05) is 36.5 Å². The van der Waals surface area contributed by atoms with E-state index in [1.54, 1.807) is 35.6 Å². The molecular formula is C31H35Cl2N5O5S. The van der Waals surface area contributed by atoms with Gasteiger partial charge in [-0.2, -0.15) is 0 Å². The maximum absolute atomic E-state index is 12.4. The van der Waals surface area contributed by atoms with Crippen molar-refractivity contribution >= 4 is 61.5 Å². The molecule has 4 fully saturated rings. The number of carbonyl (C=O) groups excluding carboxylic acids is 1. The number of thiazole rings is 1. The zero-order valence-corrected chi connectivity index (χ0v) is 26.7. The second-order valence-corrected chi connectivity index (χ2v) is 13.7. The standard InChI is InChI=1S/C31H35Cl2N5O5S/c1-40-30(39)17-10-25(43-20-7-8-41-14-20)28-26(11-17)44-31(36-28)37-13-18-9-19(37)12-24(18)42-15-23(27(34)16-5-6-16)38(35)29-21(32)3-2-4-22(29)33/h2-4,10-11,16,18-20,24H,5-9,12-15,34-35H2,1H3/b27-23-. The topological polar surface area (TPSA) is 125 Å². The number of halogens is 2. The van der Waals surface area contributed by atoms with Gasteiger partial charge in [0.25, 0.3) is 0 Å². The molecule has 4 N–H and O–H groups in total. The molecule has 0 radical (unpaired) electrons. The SMILES string of the molecule is COC(=O)c1cc(OC2CCOC2)c2nc(N3CC4CC3CC4OC/C(=C(/N)C3CC3)N(N)c3c(Cl)cccc3Cl)sc2c1. The van der Waals surface area contributed by atoms with Crippen LogP contribution >= 0.6 is 34.5 Å². The zero-order valence-electron chi connectivity index (χ0n) is 24.3. The van der Waals surface area contributed by atoms with Crippen molar-refractivity contribution in [1.82, 2.24) is 4.98 Å². The minimum absolute atomic E-state index is 0.0648. The summed E-state index contributed by atoms with van der Waals surface area (Å²) in [7, 11) is 1.38. The number of hydrogen-bond donors (Lipinski definition) is 2. The first-order valence-electron chi connectivity index (χ1n) is 14.9. The van der Waals surface area contributed by atoms with E-state index in [1.807, 2.05) is 6.07 Å². The number of hydrazine groups is 1. The molecule has 2 saturated carbocycles. The number of allylic oxidation sites excluding steroid dienone is 1. The van der Waals surface area contributed by atoms with Crippen molar-refractivity contribution < 1.29 is 23.7 Å². The maximum atomic E-state index is 12.4. The van der Waals surface area contributed by atoms with Crippen molar-refractivity contribution in [3.05, 3.63) is 57.3 Å². The Bertz CT molecular complexity index is 1590. The minimum Gasteiger partial charge on any atom is -0.486 e. The highest BCUT2D eigenvalue weighted by atomic mass is 35.5. The number of nitrogens with zero attached hydrogens (tertiary/aromatic N) is 3. The van der Waals surface area contributed by atoms with Crippen molar-refractivity contribution in [3.63, 3.8) is 0 Å². The Morgan fingerprint density at radius 1 is 1.20 bits per heavy atom. The predicted octanol–water partition coefficient (Wildman–Crippen LogP) is 5.50. The fraction of sp³-hybridized carbons (Fsp3) is 0.484. The summed E-state index contributed by atoms with van der Waals surface area (Å²) in [4.78, 5) is 19.8. The van der Waals surface area contributed by atoms with E-state index in [0.29, 0.717) is 63.8 Å². The molecule has 2 bridgehead atoms. The van der Waals surface area contributed by atoms with E-state index in [2.05, 4.69) is 4.90 Å². The van der Waals surface area contributed by atoms with Gasteiger partial charge in [0.05, 0.1) is 64.7 Å². The fourth-order valence-electron chi connectivity index (χ4n) is 6.53. The lowest BCUT2D eigenvalue weighted by atomic mass is 10.1. The van der Waals surface area contributed by atoms with Crippen LogP contribution in [0.3, 0.4) is 0 Å². The molecule has 2 aromatic carbocycles. The molecule has 1 aromatic heterocycles. The Morgan fingerprint density at radius 3 is 2.66 bits per heavy atom. The van der Waals surface area contributed by atoms with Crippen LogP contribution in [0.15, 0.2) is 41.7 Å². The lowest BCUT2D eigenvalue weighted by molar-refractivity contribution is 0.0372. The summed E-state index contributed by atoms with van der Waals surface area (Å²) in [6.07, 6.45) is 4.74. The van der Waals surface area contributed by atoms with Gasteiger partial charge in [-0.05, 0) is 49.9 Å². The van der Waals surface area contributed by atoms with Crippen molar-refractivity contribution in [2.45, 2.75) is 50.4 Å². The van der Waals surface area contributed by atoms with Gasteiger partial charge in [-0.1, -0.05) is 40.6 Å². The van der Waals surface area contributed by atoms with Gasteiger partial charge in [-0.3, -0.25) is 5.01 Å². The van der Waals surface area contributed by atoms with Gasteiger partial charge < -0.3 is 29.6 Å². The predicted molar refractivity (Wildman–Crippen MR) is 171 cm³/mol. The van der Waals surface area contributed by atoms with Gasteiger partial charge in [0.2, 0.25) is 0 Å². The van der Waals surface area contributed by atoms with Crippen LogP contribution in [0.5, 0.6) is 5.75 Å². The largest absolute Gasteiger partial charge is 0.486 e. The number of esters is 1. The van der Waals surface area contributed by atoms with Gasteiger partial charge in [-0.15, -0.1) is 0 Å². The highest BCUT2D eigenvalue weighted by molar-refractivity contribution is 7.22. The third kappa shape index (κ3) is 5.70. The molecule has 0 spiro atoms. The summed E-state index contributed by atoms with van der Waals surface area (Å²) in [5.41, 5.74) is 9.75. The number of piperidine rings is 1. The van der Waals surface area contributed by atoms with Gasteiger partial charge >= 0.3 is 5.97 Å². The molecule has 2 saturated heterocycles. The summed E-state index contributed by atoms with van der Waals surface area (Å²) >= 11 is 14.5. The second kappa shape index (κ2) is 12.2. The van der Waals surface area contributed by atoms with Crippen LogP contribution < -0.4 is 26.2 Å². The third-order valence-electron chi connectivity index (χ3n) is 9.03. The van der Waals surface area contributed by atoms with Crippen molar-refractivity contribution in [1.29, 1.82) is 0 Å². The molecular weight excluding hydrogens is 625 g/mol. The molecule has 3 aromatic rings. The highest BCUT2D eigenvalue weighted by Crippen LogP contribution is 2.46. The molecule has 2 aliphatic heterocycles. The number of para-hydroxylation sites is 1. The molecule has 4 atom stereocenters. The third-order valence-corrected chi connectivity index (χ3v) is 10.7. The molecule has 3 heterocycles. The Labute approximate surface area is 269 Å². The number of anilines is 2. The number of nitrogens with two attached hydrogens (primary N) is 2.